The quantitative estimate of drug-likeness (QED) is 0.0903. The van der Waals surface area contributed by atoms with Crippen LogP contribution in [0.1, 0.15) is 53.0 Å². The van der Waals surface area contributed by atoms with Gasteiger partial charge in [-0.3, -0.25) is 19.2 Å². The number of ether oxygens (including phenoxy) is 1. The minimum atomic E-state index is -1.90. The zero-order valence-electron chi connectivity index (χ0n) is 23.3. The second-order valence-electron chi connectivity index (χ2n) is 9.80. The molecule has 2 amide bonds. The van der Waals surface area contributed by atoms with E-state index in [2.05, 4.69) is 20.6 Å². The molecule has 0 bridgehead atoms. The number of hydrogen-bond acceptors (Lipinski definition) is 13. The Morgan fingerprint density at radius 2 is 1.77 bits per heavy atom. The summed E-state index contributed by atoms with van der Waals surface area (Å²) in [6.07, 6.45) is -2.11. The van der Waals surface area contributed by atoms with Crippen molar-refractivity contribution in [3.8, 4) is 11.5 Å². The van der Waals surface area contributed by atoms with Crippen molar-refractivity contribution >= 4 is 23.5 Å². The number of Topliss-reactive ketones (excluding diaryl/α,β-unsaturated/α-hetero) is 1. The highest BCUT2D eigenvalue weighted by atomic mass is 16.5. The summed E-state index contributed by atoms with van der Waals surface area (Å²) in [7, 11) is 0. The summed E-state index contributed by atoms with van der Waals surface area (Å²) in [5.41, 5.74) is -1.09. The number of aryl methyl sites for hydroxylation is 1. The third-order valence-corrected chi connectivity index (χ3v) is 6.63. The molecular weight excluding hydrogens is 582 g/mol. The van der Waals surface area contributed by atoms with Gasteiger partial charge in [-0.1, -0.05) is 12.1 Å². The minimum Gasteiger partial charge on any atom is -0.507 e. The number of oxazole rings is 1. The van der Waals surface area contributed by atoms with E-state index in [9.17, 15) is 44.8 Å². The van der Waals surface area contributed by atoms with E-state index in [1.807, 2.05) is 0 Å². The van der Waals surface area contributed by atoms with Crippen LogP contribution < -0.4 is 16.2 Å². The van der Waals surface area contributed by atoms with Gasteiger partial charge >= 0.3 is 5.56 Å². The average molecular weight is 614 g/mol. The molecule has 0 saturated carbocycles. The van der Waals surface area contributed by atoms with Crippen molar-refractivity contribution in [2.75, 3.05) is 19.7 Å². The first-order valence-corrected chi connectivity index (χ1v) is 13.6. The number of amides is 2. The molecule has 0 saturated heterocycles. The predicted octanol–water partition coefficient (Wildman–Crippen LogP) is -0.447. The number of ketones is 1. The van der Waals surface area contributed by atoms with Crippen LogP contribution in [0, 0.1) is 0 Å². The summed E-state index contributed by atoms with van der Waals surface area (Å²) in [5.74, 6) is -2.23. The maximum absolute atomic E-state index is 12.3. The van der Waals surface area contributed by atoms with Gasteiger partial charge in [-0.15, -0.1) is 4.73 Å². The Hall–Kier alpha value is -5.22. The molecule has 3 heterocycles. The highest BCUT2D eigenvalue weighted by Crippen LogP contribution is 2.23. The molecule has 4 rings (SSSR count). The Labute approximate surface area is 249 Å². The highest BCUT2D eigenvalue weighted by molar-refractivity contribution is 5.97. The first-order valence-electron chi connectivity index (χ1n) is 13.6. The zero-order valence-corrected chi connectivity index (χ0v) is 23.3. The monoisotopic (exact) mass is 613 g/mol. The number of phenols is 1. The van der Waals surface area contributed by atoms with Crippen LogP contribution in [0.2, 0.25) is 0 Å². The number of carbonyl (C=O) groups is 3. The van der Waals surface area contributed by atoms with E-state index in [1.165, 1.54) is 6.07 Å². The minimum absolute atomic E-state index is 0.0185. The van der Waals surface area contributed by atoms with Crippen molar-refractivity contribution in [1.82, 2.24) is 20.3 Å². The Kier molecular flexibility index (Phi) is 10.3. The van der Waals surface area contributed by atoms with Gasteiger partial charge in [0, 0.05) is 32.4 Å². The van der Waals surface area contributed by atoms with Crippen molar-refractivity contribution in [3.63, 3.8) is 0 Å². The van der Waals surface area contributed by atoms with E-state index < -0.39 is 41.1 Å². The number of pyridine rings is 1. The van der Waals surface area contributed by atoms with Gasteiger partial charge in [0.15, 0.2) is 23.5 Å². The molecule has 1 aromatic carbocycles. The van der Waals surface area contributed by atoms with Crippen LogP contribution in [0.15, 0.2) is 56.9 Å². The van der Waals surface area contributed by atoms with Gasteiger partial charge in [0.1, 0.15) is 36.1 Å². The molecule has 234 valence electrons. The molecule has 7 N–H and O–H groups in total. The molecule has 3 atom stereocenters. The van der Waals surface area contributed by atoms with E-state index in [1.54, 1.807) is 18.2 Å². The number of aliphatic hydroxyl groups is 2. The van der Waals surface area contributed by atoms with Gasteiger partial charge < -0.3 is 45.4 Å². The van der Waals surface area contributed by atoms with E-state index >= 15 is 0 Å². The summed E-state index contributed by atoms with van der Waals surface area (Å²) in [4.78, 5) is 56.6. The number of hydrogen-bond donors (Lipinski definition) is 7. The summed E-state index contributed by atoms with van der Waals surface area (Å²) >= 11 is 0. The lowest BCUT2D eigenvalue weighted by Gasteiger charge is -2.15. The Bertz CT molecular complexity index is 1600. The second kappa shape index (κ2) is 14.3. The normalized spacial score (nSPS) is 15.6. The van der Waals surface area contributed by atoms with E-state index in [0.717, 1.165) is 18.4 Å². The molecule has 3 unspecified atom stereocenters. The largest absolute Gasteiger partial charge is 0.507 e. The van der Waals surface area contributed by atoms with Crippen LogP contribution in [0.4, 0.5) is 0 Å². The molecule has 2 aromatic heterocycles. The number of nitrogens with one attached hydrogen (secondary N) is 2. The number of aliphatic imine (C=N–C) groups is 1. The molecule has 44 heavy (non-hydrogen) atoms. The van der Waals surface area contributed by atoms with Gasteiger partial charge in [-0.05, 0) is 30.7 Å². The van der Waals surface area contributed by atoms with Gasteiger partial charge in [0.25, 0.3) is 5.91 Å². The predicted molar refractivity (Wildman–Crippen MR) is 149 cm³/mol. The maximum atomic E-state index is 12.3. The van der Waals surface area contributed by atoms with Crippen LogP contribution in [0.5, 0.6) is 11.5 Å². The molecule has 1 aliphatic rings. The first kappa shape index (κ1) is 31.7. The fourth-order valence-electron chi connectivity index (χ4n) is 4.20. The Morgan fingerprint density at radius 3 is 2.55 bits per heavy atom. The number of aromatic nitrogens is 2. The average Bonchev–Trinajstić information content (AvgIpc) is 3.68. The summed E-state index contributed by atoms with van der Waals surface area (Å²) in [6.45, 7) is -0.0105. The van der Waals surface area contributed by atoms with E-state index in [-0.39, 0.29) is 59.7 Å². The first-order chi connectivity index (χ1) is 21.0. The summed E-state index contributed by atoms with van der Waals surface area (Å²) in [5, 5.41) is 54.3. The molecule has 16 nitrogen and oxygen atoms in total. The highest BCUT2D eigenvalue weighted by Gasteiger charge is 2.29. The van der Waals surface area contributed by atoms with Crippen molar-refractivity contribution in [1.29, 1.82) is 0 Å². The van der Waals surface area contributed by atoms with Gasteiger partial charge in [0.05, 0.1) is 11.6 Å². The molecule has 0 fully saturated rings. The number of aliphatic hydroxyl groups excluding tert-OH is 2. The molecule has 0 radical (unpaired) electrons. The second-order valence-corrected chi connectivity index (χ2v) is 9.80. The van der Waals surface area contributed by atoms with Crippen LogP contribution in [0.3, 0.4) is 0 Å². The van der Waals surface area contributed by atoms with Crippen LogP contribution >= 0.6 is 0 Å². The molecule has 3 aromatic rings. The molecule has 0 aliphatic carbocycles. The molecule has 0 spiro atoms. The van der Waals surface area contributed by atoms with Crippen molar-refractivity contribution in [2.24, 2.45) is 4.99 Å². The number of carbonyl (C=O) groups excluding carboxylic acids is 3. The summed E-state index contributed by atoms with van der Waals surface area (Å²) < 4.78 is 11.0. The standard InChI is InChI=1S/C28H31N5O11/c34-19-4-2-1-3-16(19)27-31-15(13-44-27)5-8-23-32-17(14-43-23)24(38)25(39)26(40)30-12-10-22(37)29-11-9-20(35)18-6-7-21(36)28(41)33(18)42/h1-4,6-7,14-15,24-25,34,36,38-39,42H,5,8-13H2,(H,29,37)(H,30,40). The van der Waals surface area contributed by atoms with Gasteiger partial charge in [-0.2, -0.15) is 0 Å². The van der Waals surface area contributed by atoms with Crippen molar-refractivity contribution < 1.29 is 49.2 Å². The maximum Gasteiger partial charge on any atom is 0.325 e. The smallest absolute Gasteiger partial charge is 0.325 e. The van der Waals surface area contributed by atoms with Gasteiger partial charge in [-0.25, -0.2) is 9.98 Å². The van der Waals surface area contributed by atoms with E-state index in [0.29, 0.717) is 30.9 Å². The van der Waals surface area contributed by atoms with Crippen molar-refractivity contribution in [2.45, 2.75) is 43.9 Å². The number of para-hydroxylation sites is 1. The van der Waals surface area contributed by atoms with Crippen molar-refractivity contribution in [3.05, 3.63) is 75.9 Å². The number of nitrogens with zero attached hydrogens (tertiary/aromatic N) is 3. The van der Waals surface area contributed by atoms with Gasteiger partial charge in [0.2, 0.25) is 11.8 Å². The third kappa shape index (κ3) is 7.78. The lowest BCUT2D eigenvalue weighted by Crippen LogP contribution is -2.40. The number of phenolic OH excluding ortho intramolecular Hbond substituents is 1. The molecule has 1 aliphatic heterocycles. The van der Waals surface area contributed by atoms with Crippen LogP contribution in [-0.2, 0) is 20.7 Å². The lowest BCUT2D eigenvalue weighted by molar-refractivity contribution is -0.135. The topological polar surface area (TPSA) is 246 Å². The SMILES string of the molecule is O=C(CCNC(=O)C(O)C(O)c1coc(CCC2COC(c3ccccc3O)=N2)n1)NCCC(=O)c1ccc(O)c(=O)n1O. The zero-order chi connectivity index (χ0) is 31.8. The molecular formula is C28H31N5O11. The van der Waals surface area contributed by atoms with Crippen LogP contribution in [-0.4, -0.2) is 90.7 Å². The lowest BCUT2D eigenvalue weighted by atomic mass is 10.1. The fourth-order valence-corrected chi connectivity index (χ4v) is 4.20. The Balaban J connectivity index is 1.16. The summed E-state index contributed by atoms with van der Waals surface area (Å²) in [6, 6.07) is 8.50. The Morgan fingerprint density at radius 1 is 1.02 bits per heavy atom. The third-order valence-electron chi connectivity index (χ3n) is 6.63. The number of aromatic hydroxyl groups is 2. The number of benzene rings is 1. The van der Waals surface area contributed by atoms with Crippen LogP contribution in [0.25, 0.3) is 0 Å². The fraction of sp³-hybridized carbons (Fsp3) is 0.357. The molecule has 16 heteroatoms. The van der Waals surface area contributed by atoms with E-state index in [4.69, 9.17) is 9.15 Å². The number of rotatable bonds is 14.